The van der Waals surface area contributed by atoms with E-state index in [9.17, 15) is 0 Å². The summed E-state index contributed by atoms with van der Waals surface area (Å²) in [6, 6.07) is 5.99. The number of aliphatic imine (C=N–C) groups is 1. The van der Waals surface area contributed by atoms with Gasteiger partial charge in [0, 0.05) is 12.3 Å². The van der Waals surface area contributed by atoms with Gasteiger partial charge in [0.2, 0.25) is 0 Å². The quantitative estimate of drug-likeness (QED) is 0.826. The Morgan fingerprint density at radius 3 is 2.82 bits per heavy atom. The van der Waals surface area contributed by atoms with Gasteiger partial charge < -0.3 is 5.32 Å². The number of aryl methyl sites for hydroxylation is 1. The van der Waals surface area contributed by atoms with Gasteiger partial charge in [0.1, 0.15) is 0 Å². The van der Waals surface area contributed by atoms with Crippen molar-refractivity contribution < 1.29 is 0 Å². The second-order valence-corrected chi connectivity index (χ2v) is 6.48. The molecule has 1 aliphatic heterocycles. The summed E-state index contributed by atoms with van der Waals surface area (Å²) in [5, 5.41) is 5.06. The summed E-state index contributed by atoms with van der Waals surface area (Å²) in [7, 11) is 0. The van der Waals surface area contributed by atoms with Crippen molar-refractivity contribution in [1.29, 1.82) is 0 Å². The molecule has 0 aliphatic carbocycles. The number of amidine groups is 1. The predicted molar refractivity (Wildman–Crippen MR) is 78.4 cm³/mol. The number of nitrogens with zero attached hydrogens (tertiary/aromatic N) is 1. The average Bonchev–Trinajstić information content (AvgIpc) is 2.27. The first-order valence-corrected chi connectivity index (χ1v) is 7.04. The number of benzene rings is 1. The van der Waals surface area contributed by atoms with Gasteiger partial charge in [0.25, 0.3) is 0 Å². The van der Waals surface area contributed by atoms with Crippen LogP contribution in [0.25, 0.3) is 0 Å². The average molecular weight is 269 g/mol. The van der Waals surface area contributed by atoms with Crippen molar-refractivity contribution in [3.05, 3.63) is 28.8 Å². The number of nitrogens with one attached hydrogen (secondary N) is 1. The highest BCUT2D eigenvalue weighted by Crippen LogP contribution is 2.31. The van der Waals surface area contributed by atoms with Gasteiger partial charge in [-0.3, -0.25) is 4.99 Å². The first kappa shape index (κ1) is 12.8. The Hall–Kier alpha value is -0.670. The topological polar surface area (TPSA) is 24.4 Å². The normalized spacial score (nSPS) is 18.7. The van der Waals surface area contributed by atoms with E-state index in [0.29, 0.717) is 5.41 Å². The zero-order valence-electron chi connectivity index (χ0n) is 10.4. The monoisotopic (exact) mass is 268 g/mol. The van der Waals surface area contributed by atoms with E-state index in [-0.39, 0.29) is 0 Å². The van der Waals surface area contributed by atoms with Crippen LogP contribution in [0.4, 0.5) is 5.69 Å². The third kappa shape index (κ3) is 3.17. The first-order valence-electron chi connectivity index (χ1n) is 5.67. The molecule has 92 valence electrons. The van der Waals surface area contributed by atoms with Gasteiger partial charge in [-0.2, -0.15) is 0 Å². The van der Waals surface area contributed by atoms with Crippen LogP contribution in [0.5, 0.6) is 0 Å². The van der Waals surface area contributed by atoms with Gasteiger partial charge >= 0.3 is 0 Å². The van der Waals surface area contributed by atoms with Crippen molar-refractivity contribution >= 4 is 34.2 Å². The molecule has 0 radical (unpaired) electrons. The zero-order valence-corrected chi connectivity index (χ0v) is 12.0. The Balaban J connectivity index is 2.12. The molecule has 0 atom stereocenters. The van der Waals surface area contributed by atoms with Crippen LogP contribution in [0.15, 0.2) is 23.2 Å². The van der Waals surface area contributed by atoms with E-state index in [1.807, 2.05) is 25.1 Å². The molecule has 0 fully saturated rings. The smallest absolute Gasteiger partial charge is 0.161 e. The Morgan fingerprint density at radius 2 is 2.18 bits per heavy atom. The van der Waals surface area contributed by atoms with Crippen molar-refractivity contribution in [2.75, 3.05) is 17.6 Å². The van der Waals surface area contributed by atoms with Crippen LogP contribution in [-0.2, 0) is 0 Å². The van der Waals surface area contributed by atoms with Crippen molar-refractivity contribution in [3.8, 4) is 0 Å². The molecule has 0 aromatic heterocycles. The van der Waals surface area contributed by atoms with Crippen molar-refractivity contribution in [2.24, 2.45) is 10.4 Å². The number of halogens is 1. The highest BCUT2D eigenvalue weighted by atomic mass is 35.5. The number of hydrogen-bond acceptors (Lipinski definition) is 3. The fraction of sp³-hybridized carbons (Fsp3) is 0.462. The first-order chi connectivity index (χ1) is 7.98. The lowest BCUT2D eigenvalue weighted by Gasteiger charge is -2.27. The molecule has 0 amide bonds. The summed E-state index contributed by atoms with van der Waals surface area (Å²) in [6.07, 6.45) is 0. The molecule has 2 nitrogen and oxygen atoms in total. The van der Waals surface area contributed by atoms with E-state index in [4.69, 9.17) is 11.6 Å². The Kier molecular flexibility index (Phi) is 3.69. The molecule has 1 aromatic rings. The van der Waals surface area contributed by atoms with Gasteiger partial charge in [-0.1, -0.05) is 49.3 Å². The molecule has 4 heteroatoms. The summed E-state index contributed by atoms with van der Waals surface area (Å²) < 4.78 is 0. The summed E-state index contributed by atoms with van der Waals surface area (Å²) >= 11 is 8.00. The maximum absolute atomic E-state index is 6.24. The fourth-order valence-electron chi connectivity index (χ4n) is 1.58. The van der Waals surface area contributed by atoms with Crippen LogP contribution in [-0.4, -0.2) is 17.5 Å². The largest absolute Gasteiger partial charge is 0.334 e. The summed E-state index contributed by atoms with van der Waals surface area (Å²) in [5.74, 6) is 1.09. The molecule has 0 bridgehead atoms. The minimum atomic E-state index is 0.298. The third-order valence-electron chi connectivity index (χ3n) is 2.68. The maximum atomic E-state index is 6.24. The van der Waals surface area contributed by atoms with Gasteiger partial charge in [-0.15, -0.1) is 0 Å². The molecule has 1 N–H and O–H groups in total. The lowest BCUT2D eigenvalue weighted by atomic mass is 9.97. The molecule has 0 unspecified atom stereocenters. The van der Waals surface area contributed by atoms with Crippen LogP contribution >= 0.6 is 23.4 Å². The molecule has 1 heterocycles. The maximum Gasteiger partial charge on any atom is 0.161 e. The van der Waals surface area contributed by atoms with Crippen molar-refractivity contribution in [3.63, 3.8) is 0 Å². The van der Waals surface area contributed by atoms with Crippen LogP contribution in [0.2, 0.25) is 5.02 Å². The summed E-state index contributed by atoms with van der Waals surface area (Å²) in [4.78, 5) is 4.56. The molecule has 1 aliphatic rings. The van der Waals surface area contributed by atoms with E-state index in [1.54, 1.807) is 11.8 Å². The van der Waals surface area contributed by atoms with Gasteiger partial charge in [0.05, 0.1) is 10.7 Å². The molecular weight excluding hydrogens is 252 g/mol. The van der Waals surface area contributed by atoms with Crippen LogP contribution in [0, 0.1) is 12.3 Å². The van der Waals surface area contributed by atoms with Crippen LogP contribution in [0.1, 0.15) is 19.4 Å². The van der Waals surface area contributed by atoms with E-state index in [0.717, 1.165) is 33.7 Å². The second-order valence-electron chi connectivity index (χ2n) is 5.14. The third-order valence-corrected chi connectivity index (χ3v) is 4.62. The molecule has 2 rings (SSSR count). The van der Waals surface area contributed by atoms with E-state index < -0.39 is 0 Å². The highest BCUT2D eigenvalue weighted by molar-refractivity contribution is 8.14. The van der Waals surface area contributed by atoms with Gasteiger partial charge in [-0.25, -0.2) is 0 Å². The second kappa shape index (κ2) is 4.91. The number of thioether (sulfide) groups is 1. The molecule has 0 saturated carbocycles. The molecule has 0 saturated heterocycles. The molecule has 0 spiro atoms. The minimum Gasteiger partial charge on any atom is -0.334 e. The predicted octanol–water partition coefficient (Wildman–Crippen LogP) is 4.19. The van der Waals surface area contributed by atoms with Gasteiger partial charge in [-0.05, 0) is 24.0 Å². The molecule has 1 aromatic carbocycles. The minimum absolute atomic E-state index is 0.298. The number of rotatable bonds is 1. The number of hydrogen-bond donors (Lipinski definition) is 1. The summed E-state index contributed by atoms with van der Waals surface area (Å²) in [5.41, 5.74) is 2.32. The Morgan fingerprint density at radius 1 is 1.41 bits per heavy atom. The van der Waals surface area contributed by atoms with Crippen molar-refractivity contribution in [2.45, 2.75) is 20.8 Å². The lowest BCUT2D eigenvalue weighted by Crippen LogP contribution is -2.27. The van der Waals surface area contributed by atoms with E-state index >= 15 is 0 Å². The van der Waals surface area contributed by atoms with Crippen LogP contribution < -0.4 is 5.32 Å². The zero-order chi connectivity index (χ0) is 12.5. The van der Waals surface area contributed by atoms with Gasteiger partial charge in [0.15, 0.2) is 5.17 Å². The molecule has 17 heavy (non-hydrogen) atoms. The Labute approximate surface area is 112 Å². The SMILES string of the molecule is Cc1cccc(NC2=NCC(C)(C)CS2)c1Cl. The Bertz CT molecular complexity index is 455. The van der Waals surface area contributed by atoms with E-state index in [1.165, 1.54) is 0 Å². The lowest BCUT2D eigenvalue weighted by molar-refractivity contribution is 0.438. The van der Waals surface area contributed by atoms with Crippen molar-refractivity contribution in [1.82, 2.24) is 0 Å². The number of anilines is 1. The fourth-order valence-corrected chi connectivity index (χ4v) is 2.71. The molecular formula is C13H17ClN2S. The highest BCUT2D eigenvalue weighted by Gasteiger charge is 2.23. The van der Waals surface area contributed by atoms with Crippen LogP contribution in [0.3, 0.4) is 0 Å². The standard InChI is InChI=1S/C13H17ClN2S/c1-9-5-4-6-10(11(9)14)16-12-15-7-13(2,3)8-17-12/h4-6H,7-8H2,1-3H3,(H,15,16). The summed E-state index contributed by atoms with van der Waals surface area (Å²) in [6.45, 7) is 7.35. The van der Waals surface area contributed by atoms with E-state index in [2.05, 4.69) is 24.2 Å².